The van der Waals surface area contributed by atoms with Gasteiger partial charge in [0.25, 0.3) is 0 Å². The molecule has 11 heavy (non-hydrogen) atoms. The monoisotopic (exact) mass is 148 g/mol. The average Bonchev–Trinajstić information content (AvgIpc) is 2.01. The molecule has 0 saturated heterocycles. The van der Waals surface area contributed by atoms with Gasteiger partial charge in [0, 0.05) is 11.9 Å². The lowest BCUT2D eigenvalue weighted by atomic mass is 10.4. The van der Waals surface area contributed by atoms with Crippen LogP contribution in [0.3, 0.4) is 0 Å². The number of nitrogens with zero attached hydrogens (tertiary/aromatic N) is 2. The fraction of sp³-hybridized carbons (Fsp3) is 0.333. The summed E-state index contributed by atoms with van der Waals surface area (Å²) < 4.78 is 0. The third-order valence-electron chi connectivity index (χ3n) is 1.32. The maximum absolute atomic E-state index is 4.21. The van der Waals surface area contributed by atoms with Crippen LogP contribution in [0.25, 0.3) is 6.08 Å². The number of hydrogen-bond donors (Lipinski definition) is 0. The molecule has 0 aliphatic heterocycles. The highest BCUT2D eigenvalue weighted by atomic mass is 14.9. The highest BCUT2D eigenvalue weighted by Gasteiger charge is 1.88. The van der Waals surface area contributed by atoms with E-state index in [1.165, 1.54) is 0 Å². The zero-order valence-electron chi connectivity index (χ0n) is 6.91. The van der Waals surface area contributed by atoms with E-state index < -0.39 is 0 Å². The number of rotatable bonds is 2. The van der Waals surface area contributed by atoms with Gasteiger partial charge in [-0.15, -0.1) is 0 Å². The summed E-state index contributed by atoms with van der Waals surface area (Å²) in [5, 5.41) is 0. The van der Waals surface area contributed by atoms with Gasteiger partial charge in [-0.05, 0) is 25.5 Å². The number of allylic oxidation sites excluding steroid dienone is 1. The molecular weight excluding hydrogens is 136 g/mol. The van der Waals surface area contributed by atoms with E-state index in [2.05, 4.69) is 23.0 Å². The molecule has 0 N–H and O–H groups in total. The van der Waals surface area contributed by atoms with Crippen molar-refractivity contribution in [1.82, 2.24) is 9.97 Å². The summed E-state index contributed by atoms with van der Waals surface area (Å²) >= 11 is 0. The largest absolute Gasteiger partial charge is 0.237 e. The van der Waals surface area contributed by atoms with E-state index in [0.29, 0.717) is 0 Å². The summed E-state index contributed by atoms with van der Waals surface area (Å²) in [6.45, 7) is 4.05. The molecule has 0 amide bonds. The van der Waals surface area contributed by atoms with Gasteiger partial charge < -0.3 is 0 Å². The maximum Gasteiger partial charge on any atom is 0.151 e. The Hall–Kier alpha value is -1.18. The van der Waals surface area contributed by atoms with Crippen LogP contribution in [0.4, 0.5) is 0 Å². The standard InChI is InChI=1S/C9H12N2/c1-3-4-5-9-10-7-6-8(2)11-9/h4-7H,3H2,1-2H3/b5-4+. The summed E-state index contributed by atoms with van der Waals surface area (Å²) in [5.41, 5.74) is 1.01. The van der Waals surface area contributed by atoms with Crippen molar-refractivity contribution < 1.29 is 0 Å². The van der Waals surface area contributed by atoms with Crippen LogP contribution >= 0.6 is 0 Å². The Morgan fingerprint density at radius 1 is 1.55 bits per heavy atom. The van der Waals surface area contributed by atoms with Gasteiger partial charge >= 0.3 is 0 Å². The summed E-state index contributed by atoms with van der Waals surface area (Å²) in [6, 6.07) is 1.89. The van der Waals surface area contributed by atoms with Gasteiger partial charge in [-0.1, -0.05) is 13.0 Å². The van der Waals surface area contributed by atoms with E-state index in [-0.39, 0.29) is 0 Å². The fourth-order valence-corrected chi connectivity index (χ4v) is 0.772. The SMILES string of the molecule is CC/C=C/c1nccc(C)n1. The average molecular weight is 148 g/mol. The molecule has 0 bridgehead atoms. The van der Waals surface area contributed by atoms with Crippen LogP contribution in [-0.2, 0) is 0 Å². The molecule has 0 unspecified atom stereocenters. The first-order valence-electron chi connectivity index (χ1n) is 3.79. The van der Waals surface area contributed by atoms with E-state index in [1.54, 1.807) is 6.20 Å². The van der Waals surface area contributed by atoms with Crippen molar-refractivity contribution >= 4 is 6.08 Å². The Bertz CT molecular complexity index is 253. The Balaban J connectivity index is 2.79. The first kappa shape index (κ1) is 7.92. The number of aryl methyl sites for hydroxylation is 1. The molecule has 1 rings (SSSR count). The minimum atomic E-state index is 0.798. The van der Waals surface area contributed by atoms with Crippen molar-refractivity contribution in [3.05, 3.63) is 29.9 Å². The molecule has 1 heterocycles. The smallest absolute Gasteiger partial charge is 0.151 e. The minimum Gasteiger partial charge on any atom is -0.237 e. The van der Waals surface area contributed by atoms with Crippen molar-refractivity contribution in [3.8, 4) is 0 Å². The predicted octanol–water partition coefficient (Wildman–Crippen LogP) is 2.21. The topological polar surface area (TPSA) is 25.8 Å². The first-order valence-corrected chi connectivity index (χ1v) is 3.79. The molecule has 0 aliphatic rings. The number of hydrogen-bond acceptors (Lipinski definition) is 2. The molecule has 2 nitrogen and oxygen atoms in total. The van der Waals surface area contributed by atoms with E-state index >= 15 is 0 Å². The van der Waals surface area contributed by atoms with Crippen LogP contribution in [0.1, 0.15) is 24.9 Å². The van der Waals surface area contributed by atoms with Crippen molar-refractivity contribution in [2.45, 2.75) is 20.3 Å². The van der Waals surface area contributed by atoms with Crippen molar-refractivity contribution in [3.63, 3.8) is 0 Å². The van der Waals surface area contributed by atoms with Crippen LogP contribution in [0.5, 0.6) is 0 Å². The molecule has 1 aromatic heterocycles. The van der Waals surface area contributed by atoms with Gasteiger partial charge in [-0.2, -0.15) is 0 Å². The van der Waals surface area contributed by atoms with Crippen LogP contribution < -0.4 is 0 Å². The zero-order chi connectivity index (χ0) is 8.10. The lowest BCUT2D eigenvalue weighted by Gasteiger charge is -1.92. The second kappa shape index (κ2) is 3.86. The minimum absolute atomic E-state index is 0.798. The van der Waals surface area contributed by atoms with E-state index in [4.69, 9.17) is 0 Å². The Morgan fingerprint density at radius 2 is 2.36 bits per heavy atom. The van der Waals surface area contributed by atoms with Crippen molar-refractivity contribution in [2.24, 2.45) is 0 Å². The normalized spacial score (nSPS) is 10.7. The molecule has 58 valence electrons. The van der Waals surface area contributed by atoms with Crippen LogP contribution in [0.15, 0.2) is 18.3 Å². The van der Waals surface area contributed by atoms with Gasteiger partial charge in [0.2, 0.25) is 0 Å². The second-order valence-corrected chi connectivity index (χ2v) is 2.37. The highest BCUT2D eigenvalue weighted by Crippen LogP contribution is 1.96. The summed E-state index contributed by atoms with van der Waals surface area (Å²) in [6.07, 6.45) is 6.79. The fourth-order valence-electron chi connectivity index (χ4n) is 0.772. The summed E-state index contributed by atoms with van der Waals surface area (Å²) in [5.74, 6) is 0.798. The highest BCUT2D eigenvalue weighted by molar-refractivity contribution is 5.39. The zero-order valence-corrected chi connectivity index (χ0v) is 6.91. The molecule has 0 fully saturated rings. The maximum atomic E-state index is 4.21. The Labute approximate surface area is 67.0 Å². The van der Waals surface area contributed by atoms with Gasteiger partial charge in [0.05, 0.1) is 0 Å². The summed E-state index contributed by atoms with van der Waals surface area (Å²) in [4.78, 5) is 8.29. The summed E-state index contributed by atoms with van der Waals surface area (Å²) in [7, 11) is 0. The number of aromatic nitrogens is 2. The van der Waals surface area contributed by atoms with E-state index in [0.717, 1.165) is 17.9 Å². The van der Waals surface area contributed by atoms with Crippen molar-refractivity contribution in [1.29, 1.82) is 0 Å². The molecule has 2 heteroatoms. The van der Waals surface area contributed by atoms with Crippen LogP contribution in [-0.4, -0.2) is 9.97 Å². The van der Waals surface area contributed by atoms with Crippen LogP contribution in [0, 0.1) is 6.92 Å². The molecule has 0 atom stereocenters. The molecular formula is C9H12N2. The second-order valence-electron chi connectivity index (χ2n) is 2.37. The van der Waals surface area contributed by atoms with Crippen molar-refractivity contribution in [2.75, 3.05) is 0 Å². The lowest BCUT2D eigenvalue weighted by molar-refractivity contribution is 1.07. The molecule has 1 aromatic rings. The third kappa shape index (κ3) is 2.50. The molecule has 0 spiro atoms. The quantitative estimate of drug-likeness (QED) is 0.642. The Kier molecular flexibility index (Phi) is 2.78. The molecule has 0 radical (unpaired) electrons. The van der Waals surface area contributed by atoms with E-state index in [9.17, 15) is 0 Å². The first-order chi connectivity index (χ1) is 5.33. The molecule has 0 aromatic carbocycles. The Morgan fingerprint density at radius 3 is 3.00 bits per heavy atom. The molecule has 0 aliphatic carbocycles. The van der Waals surface area contributed by atoms with Gasteiger partial charge in [-0.25, -0.2) is 9.97 Å². The van der Waals surface area contributed by atoms with Gasteiger partial charge in [0.1, 0.15) is 0 Å². The van der Waals surface area contributed by atoms with Gasteiger partial charge in [-0.3, -0.25) is 0 Å². The van der Waals surface area contributed by atoms with E-state index in [1.807, 2.05) is 19.1 Å². The third-order valence-corrected chi connectivity index (χ3v) is 1.32. The predicted molar refractivity (Wildman–Crippen MR) is 46.1 cm³/mol. The van der Waals surface area contributed by atoms with Crippen LogP contribution in [0.2, 0.25) is 0 Å². The lowest BCUT2D eigenvalue weighted by Crippen LogP contribution is -1.87. The van der Waals surface area contributed by atoms with Gasteiger partial charge in [0.15, 0.2) is 5.82 Å². The molecule has 0 saturated carbocycles.